The smallest absolute Gasteiger partial charge is 0.317 e. The van der Waals surface area contributed by atoms with Gasteiger partial charge in [-0.15, -0.1) is 0 Å². The van der Waals surface area contributed by atoms with Crippen molar-refractivity contribution < 1.29 is 14.3 Å². The quantitative estimate of drug-likeness (QED) is 0.500. The number of carbonyl (C=O) groups is 2. The monoisotopic (exact) mass is 330 g/mol. The van der Waals surface area contributed by atoms with E-state index in [2.05, 4.69) is 52.0 Å². The van der Waals surface area contributed by atoms with Crippen molar-refractivity contribution in [1.29, 1.82) is 0 Å². The van der Waals surface area contributed by atoms with Crippen LogP contribution in [0.5, 0.6) is 0 Å². The van der Waals surface area contributed by atoms with Crippen LogP contribution in [-0.2, 0) is 19.7 Å². The minimum atomic E-state index is -0.374. The van der Waals surface area contributed by atoms with Crippen molar-refractivity contribution in [2.24, 2.45) is 11.8 Å². The number of ether oxygens (including phenoxy) is 1. The summed E-state index contributed by atoms with van der Waals surface area (Å²) in [4.78, 5) is 23.6. The van der Waals surface area contributed by atoms with E-state index in [-0.39, 0.29) is 29.7 Å². The van der Waals surface area contributed by atoms with Gasteiger partial charge in [-0.1, -0.05) is 57.9 Å². The van der Waals surface area contributed by atoms with Gasteiger partial charge in [0.2, 0.25) is 0 Å². The average Bonchev–Trinajstić information content (AvgIpc) is 2.84. The summed E-state index contributed by atoms with van der Waals surface area (Å²) in [7, 11) is 0. The Kier molecular flexibility index (Phi) is 6.20. The molecular weight excluding hydrogens is 300 g/mol. The third kappa shape index (κ3) is 4.06. The molecule has 0 bridgehead atoms. The number of cyclic esters (lactones) is 2. The topological polar surface area (TPSA) is 43.4 Å². The molecule has 3 unspecified atom stereocenters. The Morgan fingerprint density at radius 1 is 1.25 bits per heavy atom. The highest BCUT2D eigenvalue weighted by atomic mass is 16.6. The molecular formula is C21H30O3. The molecule has 132 valence electrons. The molecule has 2 rings (SSSR count). The Morgan fingerprint density at radius 2 is 1.96 bits per heavy atom. The van der Waals surface area contributed by atoms with Crippen LogP contribution in [0.4, 0.5) is 0 Å². The number of hydrogen-bond acceptors (Lipinski definition) is 3. The van der Waals surface area contributed by atoms with E-state index in [1.54, 1.807) is 0 Å². The predicted octanol–water partition coefficient (Wildman–Crippen LogP) is 4.95. The summed E-state index contributed by atoms with van der Waals surface area (Å²) in [6, 6.07) is 8.47. The zero-order valence-corrected chi connectivity index (χ0v) is 15.4. The maximum Gasteiger partial charge on any atom is 0.317 e. The minimum absolute atomic E-state index is 0.0752. The maximum absolute atomic E-state index is 12.1. The molecule has 0 aromatic heterocycles. The van der Waals surface area contributed by atoms with E-state index in [0.717, 1.165) is 12.8 Å². The van der Waals surface area contributed by atoms with Crippen LogP contribution in [0.25, 0.3) is 0 Å². The first-order chi connectivity index (χ1) is 11.4. The number of benzene rings is 1. The third-order valence-corrected chi connectivity index (χ3v) is 5.51. The van der Waals surface area contributed by atoms with Crippen LogP contribution in [0, 0.1) is 18.8 Å². The summed E-state index contributed by atoms with van der Waals surface area (Å²) in [6.07, 6.45) is 5.28. The Balaban J connectivity index is 2.37. The number of esters is 2. The average molecular weight is 330 g/mol. The number of hydrogen-bond donors (Lipinski definition) is 0. The van der Waals surface area contributed by atoms with Gasteiger partial charge in [0.15, 0.2) is 0 Å². The normalized spacial score (nSPS) is 21.4. The van der Waals surface area contributed by atoms with Gasteiger partial charge in [-0.05, 0) is 48.6 Å². The van der Waals surface area contributed by atoms with Gasteiger partial charge in [-0.3, -0.25) is 9.59 Å². The summed E-state index contributed by atoms with van der Waals surface area (Å²) in [5.74, 6) is -0.426. The minimum Gasteiger partial charge on any atom is -0.393 e. The Bertz CT molecular complexity index is 593. The lowest BCUT2D eigenvalue weighted by Crippen LogP contribution is -2.33. The third-order valence-electron chi connectivity index (χ3n) is 5.51. The summed E-state index contributed by atoms with van der Waals surface area (Å²) in [5.41, 5.74) is 2.51. The van der Waals surface area contributed by atoms with Gasteiger partial charge in [-0.25, -0.2) is 0 Å². The molecule has 1 aliphatic rings. The van der Waals surface area contributed by atoms with Crippen molar-refractivity contribution in [3.8, 4) is 0 Å². The number of carbonyl (C=O) groups excluding carboxylic acids is 2. The molecule has 1 fully saturated rings. The predicted molar refractivity (Wildman–Crippen MR) is 95.7 cm³/mol. The first kappa shape index (κ1) is 18.7. The van der Waals surface area contributed by atoms with Gasteiger partial charge in [-0.2, -0.15) is 0 Å². The Labute approximate surface area is 145 Å². The molecule has 3 atom stereocenters. The van der Waals surface area contributed by atoms with Crippen LogP contribution in [0.2, 0.25) is 0 Å². The standard InChI is InChI=1S/C21H30O3/c1-5-9-15(3)13-21(6-2,18-11-8-7-10-16(18)4)14-17-12-19(22)24-20(17)23/h7-8,10-11,15,17H,5-6,9,12-14H2,1-4H3. The van der Waals surface area contributed by atoms with E-state index in [1.165, 1.54) is 24.0 Å². The summed E-state index contributed by atoms with van der Waals surface area (Å²) < 4.78 is 4.80. The van der Waals surface area contributed by atoms with Crippen molar-refractivity contribution >= 4 is 11.9 Å². The van der Waals surface area contributed by atoms with E-state index in [9.17, 15) is 9.59 Å². The van der Waals surface area contributed by atoms with Crippen molar-refractivity contribution in [2.75, 3.05) is 0 Å². The summed E-state index contributed by atoms with van der Waals surface area (Å²) in [6.45, 7) is 8.85. The molecule has 1 heterocycles. The molecule has 1 aliphatic heterocycles. The van der Waals surface area contributed by atoms with Gasteiger partial charge in [0, 0.05) is 0 Å². The second-order valence-electron chi connectivity index (χ2n) is 7.45. The highest BCUT2D eigenvalue weighted by molar-refractivity contribution is 5.94. The zero-order valence-electron chi connectivity index (χ0n) is 15.4. The molecule has 0 amide bonds. The second-order valence-corrected chi connectivity index (χ2v) is 7.45. The van der Waals surface area contributed by atoms with Crippen LogP contribution in [0.15, 0.2) is 24.3 Å². The Morgan fingerprint density at radius 3 is 2.50 bits per heavy atom. The van der Waals surface area contributed by atoms with E-state index >= 15 is 0 Å². The molecule has 1 aromatic carbocycles. The molecule has 3 heteroatoms. The number of rotatable bonds is 8. The highest BCUT2D eigenvalue weighted by Crippen LogP contribution is 2.44. The first-order valence-electron chi connectivity index (χ1n) is 9.22. The molecule has 0 saturated carbocycles. The summed E-state index contributed by atoms with van der Waals surface area (Å²) in [5, 5.41) is 0. The molecule has 3 nitrogen and oxygen atoms in total. The van der Waals surface area contributed by atoms with Crippen LogP contribution < -0.4 is 0 Å². The zero-order chi connectivity index (χ0) is 17.7. The van der Waals surface area contributed by atoms with Crippen molar-refractivity contribution in [1.82, 2.24) is 0 Å². The summed E-state index contributed by atoms with van der Waals surface area (Å²) >= 11 is 0. The van der Waals surface area contributed by atoms with Crippen molar-refractivity contribution in [3.05, 3.63) is 35.4 Å². The van der Waals surface area contributed by atoms with E-state index in [1.807, 2.05) is 0 Å². The molecule has 0 radical (unpaired) electrons. The lowest BCUT2D eigenvalue weighted by Gasteiger charge is -2.38. The first-order valence-corrected chi connectivity index (χ1v) is 9.22. The maximum atomic E-state index is 12.1. The second kappa shape index (κ2) is 7.96. The molecule has 1 aromatic rings. The Hall–Kier alpha value is -1.64. The van der Waals surface area contributed by atoms with Gasteiger partial charge in [0.1, 0.15) is 0 Å². The fourth-order valence-corrected chi connectivity index (χ4v) is 4.36. The van der Waals surface area contributed by atoms with Gasteiger partial charge >= 0.3 is 11.9 Å². The van der Waals surface area contributed by atoms with E-state index in [4.69, 9.17) is 4.74 Å². The van der Waals surface area contributed by atoms with Gasteiger partial charge < -0.3 is 4.74 Å². The van der Waals surface area contributed by atoms with Crippen LogP contribution >= 0.6 is 0 Å². The van der Waals surface area contributed by atoms with Crippen LogP contribution in [-0.4, -0.2) is 11.9 Å². The van der Waals surface area contributed by atoms with E-state index in [0.29, 0.717) is 12.3 Å². The fourth-order valence-electron chi connectivity index (χ4n) is 4.36. The molecule has 0 aliphatic carbocycles. The highest BCUT2D eigenvalue weighted by Gasteiger charge is 2.42. The lowest BCUT2D eigenvalue weighted by molar-refractivity contribution is -0.153. The SMILES string of the molecule is CCCC(C)CC(CC)(CC1CC(=O)OC1=O)c1ccccc1C. The van der Waals surface area contributed by atoms with Crippen LogP contribution in [0.3, 0.4) is 0 Å². The largest absolute Gasteiger partial charge is 0.393 e. The van der Waals surface area contributed by atoms with Gasteiger partial charge in [0.05, 0.1) is 12.3 Å². The molecule has 24 heavy (non-hydrogen) atoms. The van der Waals surface area contributed by atoms with E-state index < -0.39 is 0 Å². The van der Waals surface area contributed by atoms with Crippen LogP contribution in [0.1, 0.15) is 70.4 Å². The number of aryl methyl sites for hydroxylation is 1. The van der Waals surface area contributed by atoms with Crippen molar-refractivity contribution in [3.63, 3.8) is 0 Å². The molecule has 0 spiro atoms. The molecule has 0 N–H and O–H groups in total. The molecule has 1 saturated heterocycles. The van der Waals surface area contributed by atoms with Crippen molar-refractivity contribution in [2.45, 2.75) is 71.6 Å². The lowest BCUT2D eigenvalue weighted by atomic mass is 9.65. The fraction of sp³-hybridized carbons (Fsp3) is 0.619. The van der Waals surface area contributed by atoms with Gasteiger partial charge in [0.25, 0.3) is 0 Å².